The molecule has 0 heterocycles. The van der Waals surface area contributed by atoms with Crippen LogP contribution in [0, 0.1) is 0 Å². The van der Waals surface area contributed by atoms with Gasteiger partial charge in [-0.05, 0) is 73.1 Å². The maximum absolute atomic E-state index is 12.0. The molecule has 0 aliphatic heterocycles. The lowest BCUT2D eigenvalue weighted by Crippen LogP contribution is -2.41. The van der Waals surface area contributed by atoms with Gasteiger partial charge in [-0.15, -0.1) is 0 Å². The van der Waals surface area contributed by atoms with Crippen molar-refractivity contribution in [1.82, 2.24) is 10.6 Å². The molecular weight excluding hydrogens is 733 g/mol. The number of carbonyl (C=O) groups is 3. The summed E-state index contributed by atoms with van der Waals surface area (Å²) in [6.07, 6.45) is 32.3. The molecule has 0 aliphatic carbocycles. The van der Waals surface area contributed by atoms with Gasteiger partial charge in [0.25, 0.3) is 0 Å². The summed E-state index contributed by atoms with van der Waals surface area (Å²) < 4.78 is 0. The van der Waals surface area contributed by atoms with E-state index in [1.54, 1.807) is 0 Å². The maximum Gasteiger partial charge on any atom is 0.188 e. The second-order valence-electron chi connectivity index (χ2n) is 14.9. The molecule has 0 aromatic carbocycles. The monoisotopic (exact) mass is 815 g/mol. The second kappa shape index (κ2) is 41.2. The van der Waals surface area contributed by atoms with Crippen LogP contribution in [0.25, 0.3) is 0 Å². The minimum absolute atomic E-state index is 0.136. The lowest BCUT2D eigenvalue weighted by molar-refractivity contribution is -0.111. The Balaban J connectivity index is 0. The molecule has 0 amide bonds. The fourth-order valence-electron chi connectivity index (χ4n) is 5.61. The fraction of sp³-hybridized carbons (Fsp3) is 0.795. The zero-order valence-corrected chi connectivity index (χ0v) is 38.5. The minimum Gasteiger partial charge on any atom is -0.304 e. The van der Waals surface area contributed by atoms with Crippen molar-refractivity contribution in [1.29, 1.82) is 0 Å². The Kier molecular flexibility index (Phi) is 42.5. The Morgan fingerprint density at radius 1 is 0.642 bits per heavy atom. The van der Waals surface area contributed by atoms with Crippen molar-refractivity contribution in [2.45, 2.75) is 195 Å². The first kappa shape index (κ1) is 54.6. The minimum atomic E-state index is -0.218. The Morgan fingerprint density at radius 2 is 1.13 bits per heavy atom. The smallest absolute Gasteiger partial charge is 0.188 e. The fourth-order valence-corrected chi connectivity index (χ4v) is 7.99. The molecule has 4 atom stereocenters. The highest BCUT2D eigenvalue weighted by atomic mass is 32.2. The van der Waals surface area contributed by atoms with Crippen molar-refractivity contribution < 1.29 is 14.4 Å². The molecule has 0 saturated heterocycles. The third-order valence-electron chi connectivity index (χ3n) is 9.13. The average molecular weight is 815 g/mol. The first-order chi connectivity index (χ1) is 25.6. The van der Waals surface area contributed by atoms with Gasteiger partial charge in [0.15, 0.2) is 5.12 Å². The molecule has 0 radical (unpaired) electrons. The van der Waals surface area contributed by atoms with Crippen LogP contribution in [0.3, 0.4) is 0 Å². The van der Waals surface area contributed by atoms with Crippen LogP contribution in [0.2, 0.25) is 0 Å². The van der Waals surface area contributed by atoms with Gasteiger partial charge in [0.05, 0.1) is 12.1 Å². The van der Waals surface area contributed by atoms with Gasteiger partial charge in [-0.25, -0.2) is 0 Å². The third-order valence-corrected chi connectivity index (χ3v) is 12.2. The van der Waals surface area contributed by atoms with Crippen LogP contribution in [0.15, 0.2) is 34.9 Å². The maximum atomic E-state index is 12.0. The van der Waals surface area contributed by atoms with E-state index >= 15 is 0 Å². The van der Waals surface area contributed by atoms with Crippen LogP contribution >= 0.6 is 48.8 Å². The first-order valence-electron chi connectivity index (χ1n) is 20.9. The lowest BCUT2D eigenvalue weighted by atomic mass is 10.0. The van der Waals surface area contributed by atoms with E-state index in [0.29, 0.717) is 24.0 Å². The van der Waals surface area contributed by atoms with Gasteiger partial charge in [0.1, 0.15) is 12.6 Å². The Bertz CT molecular complexity index is 968. The summed E-state index contributed by atoms with van der Waals surface area (Å²) in [6, 6.07) is 0.170. The van der Waals surface area contributed by atoms with E-state index in [0.717, 1.165) is 61.9 Å². The molecule has 0 rings (SSSR count). The summed E-state index contributed by atoms with van der Waals surface area (Å²) in [5.41, 5.74) is 4.36. The molecule has 9 heteroatoms. The summed E-state index contributed by atoms with van der Waals surface area (Å²) in [6.45, 7) is 15.2. The highest BCUT2D eigenvalue weighted by Crippen LogP contribution is 2.16. The van der Waals surface area contributed by atoms with E-state index in [-0.39, 0.29) is 23.2 Å². The standard InChI is InChI=1S/C23H45NO2S2.C21H37NOS2/c1-3-5-6-7-8-9-10-11-12-13-14-15-16-17-23(26)28-20-21(4-2)24-22(18-25)19-27;1-17(2)8-6-9-18(3)10-7-11-19(4)12-13-25-16-20(5)22-21(14-23)15-24/h18,21-22,24,27H,3-17,19-20H2,1-2H3;8,10,12,14,20-22,24H,6-7,9,11,13,15-16H2,1-5H3/b;18-10+,19-12+/t21?,22-;20?,21-/m11/s1. The van der Waals surface area contributed by atoms with Crippen molar-refractivity contribution in [2.24, 2.45) is 0 Å². The van der Waals surface area contributed by atoms with E-state index in [1.165, 1.54) is 112 Å². The van der Waals surface area contributed by atoms with Crippen molar-refractivity contribution >= 4 is 66.5 Å². The zero-order chi connectivity index (χ0) is 40.0. The molecule has 0 aromatic heterocycles. The molecule has 0 aliphatic rings. The van der Waals surface area contributed by atoms with Crippen LogP contribution in [0.5, 0.6) is 0 Å². The number of thiol groups is 2. The lowest BCUT2D eigenvalue weighted by Gasteiger charge is -2.19. The van der Waals surface area contributed by atoms with Gasteiger partial charge in [-0.3, -0.25) is 4.79 Å². The molecule has 310 valence electrons. The van der Waals surface area contributed by atoms with Crippen LogP contribution in [-0.2, 0) is 14.4 Å². The highest BCUT2D eigenvalue weighted by molar-refractivity contribution is 8.13. The summed E-state index contributed by atoms with van der Waals surface area (Å²) >= 11 is 11.6. The molecule has 0 fully saturated rings. The van der Waals surface area contributed by atoms with Crippen LogP contribution in [-0.4, -0.2) is 70.6 Å². The van der Waals surface area contributed by atoms with Crippen LogP contribution in [0.1, 0.15) is 170 Å². The number of aldehydes is 2. The number of unbranched alkanes of at least 4 members (excludes halogenated alkanes) is 12. The molecule has 0 spiro atoms. The molecule has 0 saturated carbocycles. The van der Waals surface area contributed by atoms with Crippen molar-refractivity contribution in [3.8, 4) is 0 Å². The highest BCUT2D eigenvalue weighted by Gasteiger charge is 2.14. The van der Waals surface area contributed by atoms with Gasteiger partial charge < -0.3 is 20.2 Å². The zero-order valence-electron chi connectivity index (χ0n) is 35.1. The number of thioether (sulfide) groups is 2. The normalized spacial score (nSPS) is 14.1. The quantitative estimate of drug-likeness (QED) is 0.0220. The predicted octanol–water partition coefficient (Wildman–Crippen LogP) is 12.2. The van der Waals surface area contributed by atoms with Crippen molar-refractivity contribution in [2.75, 3.05) is 28.8 Å². The van der Waals surface area contributed by atoms with Gasteiger partial charge >= 0.3 is 0 Å². The van der Waals surface area contributed by atoms with Crippen LogP contribution < -0.4 is 10.6 Å². The third kappa shape index (κ3) is 39.6. The Hall–Kier alpha value is -0.450. The summed E-state index contributed by atoms with van der Waals surface area (Å²) in [7, 11) is 0. The van der Waals surface area contributed by atoms with Crippen molar-refractivity contribution in [3.05, 3.63) is 34.9 Å². The molecule has 0 bridgehead atoms. The molecule has 53 heavy (non-hydrogen) atoms. The Labute approximate surface area is 348 Å². The molecule has 2 unspecified atom stereocenters. The number of carbonyl (C=O) groups excluding carboxylic acids is 3. The van der Waals surface area contributed by atoms with Crippen LogP contribution in [0.4, 0.5) is 0 Å². The summed E-state index contributed by atoms with van der Waals surface area (Å²) in [5.74, 6) is 3.83. The Morgan fingerprint density at radius 3 is 1.62 bits per heavy atom. The van der Waals surface area contributed by atoms with E-state index in [9.17, 15) is 14.4 Å². The predicted molar refractivity (Wildman–Crippen MR) is 248 cm³/mol. The number of rotatable bonds is 35. The topological polar surface area (TPSA) is 75.3 Å². The SMILES string of the molecule is CC(C)=CCC/C(C)=C/CC/C(C)=C/CSCC(C)N[C@H](C=O)CS.CCCCCCCCCCCCCCCC(=O)SCC(CC)N[C@H](C=O)CS. The van der Waals surface area contributed by atoms with E-state index in [1.807, 2.05) is 11.8 Å². The number of allylic oxidation sites excluding steroid dienone is 5. The number of hydrogen-bond acceptors (Lipinski definition) is 9. The average Bonchev–Trinajstić information content (AvgIpc) is 3.14. The number of nitrogens with one attached hydrogen (secondary N) is 2. The second-order valence-corrected chi connectivity index (χ2v) is 17.7. The van der Waals surface area contributed by atoms with E-state index in [4.69, 9.17) is 0 Å². The van der Waals surface area contributed by atoms with E-state index < -0.39 is 0 Å². The molecule has 2 N–H and O–H groups in total. The van der Waals surface area contributed by atoms with Gasteiger partial charge in [0.2, 0.25) is 0 Å². The summed E-state index contributed by atoms with van der Waals surface area (Å²) in [4.78, 5) is 33.7. The van der Waals surface area contributed by atoms with E-state index in [2.05, 4.69) is 103 Å². The van der Waals surface area contributed by atoms with Gasteiger partial charge in [0, 0.05) is 47.3 Å². The molecular formula is C44H82N2O3S4. The largest absolute Gasteiger partial charge is 0.304 e. The van der Waals surface area contributed by atoms with Gasteiger partial charge in [-0.2, -0.15) is 37.0 Å². The summed E-state index contributed by atoms with van der Waals surface area (Å²) in [5, 5.41) is 6.82. The molecule has 5 nitrogen and oxygen atoms in total. The molecule has 0 aromatic rings. The number of hydrogen-bond donors (Lipinski definition) is 4. The first-order valence-corrected chi connectivity index (χ1v) is 24.3. The van der Waals surface area contributed by atoms with Crippen molar-refractivity contribution in [3.63, 3.8) is 0 Å². The van der Waals surface area contributed by atoms with Gasteiger partial charge in [-0.1, -0.05) is 138 Å².